The van der Waals surface area contributed by atoms with Crippen LogP contribution in [0.1, 0.15) is 42.4 Å². The summed E-state index contributed by atoms with van der Waals surface area (Å²) in [6.45, 7) is 4.79. The number of aryl methyl sites for hydroxylation is 2. The number of carbonyl (C=O) groups is 1. The van der Waals surface area contributed by atoms with E-state index in [4.69, 9.17) is 9.47 Å². The molecule has 1 spiro atoms. The first kappa shape index (κ1) is 20.7. The van der Waals surface area contributed by atoms with Gasteiger partial charge in [0.1, 0.15) is 11.5 Å². The van der Waals surface area contributed by atoms with Gasteiger partial charge in [-0.1, -0.05) is 18.2 Å². The Kier molecular flexibility index (Phi) is 5.03. The number of amides is 2. The zero-order chi connectivity index (χ0) is 22.5. The highest BCUT2D eigenvalue weighted by Gasteiger charge is 2.48. The van der Waals surface area contributed by atoms with Gasteiger partial charge in [0.25, 0.3) is 0 Å². The van der Waals surface area contributed by atoms with Gasteiger partial charge in [0, 0.05) is 34.5 Å². The van der Waals surface area contributed by atoms with Crippen molar-refractivity contribution in [3.05, 3.63) is 58.8 Å². The molecule has 0 bridgehead atoms. The fraction of sp³-hybridized carbons (Fsp3) is 0.423. The van der Waals surface area contributed by atoms with Gasteiger partial charge in [0.15, 0.2) is 0 Å². The average molecular weight is 434 g/mol. The van der Waals surface area contributed by atoms with Gasteiger partial charge in [-0.25, -0.2) is 4.79 Å². The van der Waals surface area contributed by atoms with Crippen LogP contribution in [0.5, 0.6) is 11.5 Å². The second-order valence-electron chi connectivity index (χ2n) is 9.25. The van der Waals surface area contributed by atoms with Crippen molar-refractivity contribution in [2.45, 2.75) is 52.1 Å². The molecule has 2 N–H and O–H groups in total. The van der Waals surface area contributed by atoms with Crippen LogP contribution in [0.4, 0.5) is 16.2 Å². The van der Waals surface area contributed by atoms with E-state index < -0.39 is 0 Å². The van der Waals surface area contributed by atoms with Crippen LogP contribution in [-0.2, 0) is 6.54 Å². The van der Waals surface area contributed by atoms with Crippen molar-refractivity contribution in [1.29, 1.82) is 0 Å². The van der Waals surface area contributed by atoms with Crippen LogP contribution in [0.2, 0.25) is 0 Å². The van der Waals surface area contributed by atoms with Crippen LogP contribution in [0.25, 0.3) is 0 Å². The average Bonchev–Trinajstić information content (AvgIpc) is 3.46. The van der Waals surface area contributed by atoms with E-state index in [0.29, 0.717) is 6.54 Å². The molecule has 0 radical (unpaired) electrons. The molecule has 0 saturated heterocycles. The third-order valence-corrected chi connectivity index (χ3v) is 7.40. The highest BCUT2D eigenvalue weighted by molar-refractivity contribution is 5.94. The van der Waals surface area contributed by atoms with E-state index in [1.54, 1.807) is 14.2 Å². The number of urea groups is 1. The van der Waals surface area contributed by atoms with Crippen molar-refractivity contribution in [3.63, 3.8) is 0 Å². The summed E-state index contributed by atoms with van der Waals surface area (Å²) in [6, 6.07) is 10.5. The summed E-state index contributed by atoms with van der Waals surface area (Å²) in [6.07, 6.45) is 6.50. The third kappa shape index (κ3) is 3.48. The van der Waals surface area contributed by atoms with E-state index in [1.165, 1.54) is 11.3 Å². The smallest absolute Gasteiger partial charge is 0.322 e. The van der Waals surface area contributed by atoms with E-state index in [0.717, 1.165) is 59.7 Å². The molecule has 2 amide bonds. The number of benzene rings is 2. The highest BCUT2D eigenvalue weighted by atomic mass is 16.5. The summed E-state index contributed by atoms with van der Waals surface area (Å²) in [5, 5.41) is 6.67. The number of nitrogens with one attached hydrogen (secondary N) is 2. The van der Waals surface area contributed by atoms with Crippen molar-refractivity contribution in [3.8, 4) is 11.5 Å². The molecule has 0 aromatic heterocycles. The maximum Gasteiger partial charge on any atom is 0.322 e. The maximum absolute atomic E-state index is 12.9. The molecule has 1 saturated carbocycles. The number of hydrogen-bond acceptors (Lipinski definition) is 4. The lowest BCUT2D eigenvalue weighted by Crippen LogP contribution is -2.47. The van der Waals surface area contributed by atoms with Crippen LogP contribution in [0, 0.1) is 19.3 Å². The molecule has 2 aromatic carbocycles. The number of fused-ring (bicyclic) bond motifs is 1. The first-order valence-electron chi connectivity index (χ1n) is 11.3. The van der Waals surface area contributed by atoms with Gasteiger partial charge in [-0.3, -0.25) is 0 Å². The normalized spacial score (nSPS) is 23.9. The summed E-state index contributed by atoms with van der Waals surface area (Å²) in [5.74, 6) is 1.63. The van der Waals surface area contributed by atoms with E-state index >= 15 is 0 Å². The fourth-order valence-corrected chi connectivity index (χ4v) is 5.25. The van der Waals surface area contributed by atoms with Gasteiger partial charge in [0.2, 0.25) is 0 Å². The minimum Gasteiger partial charge on any atom is -0.496 e. The quantitative estimate of drug-likeness (QED) is 0.644. The van der Waals surface area contributed by atoms with Crippen molar-refractivity contribution in [1.82, 2.24) is 4.90 Å². The van der Waals surface area contributed by atoms with Gasteiger partial charge < -0.3 is 25.0 Å². The van der Waals surface area contributed by atoms with Gasteiger partial charge in [-0.15, -0.1) is 0 Å². The fourth-order valence-electron chi connectivity index (χ4n) is 5.25. The number of methoxy groups -OCH3 is 2. The zero-order valence-corrected chi connectivity index (χ0v) is 19.2. The Morgan fingerprint density at radius 1 is 1.03 bits per heavy atom. The molecule has 2 aliphatic carbocycles. The Balaban J connectivity index is 1.23. The second-order valence-corrected chi connectivity index (χ2v) is 9.25. The van der Waals surface area contributed by atoms with Crippen molar-refractivity contribution >= 4 is 17.4 Å². The molecule has 6 heteroatoms. The first-order valence-corrected chi connectivity index (χ1v) is 11.3. The number of nitrogens with zero attached hydrogens (tertiary/aromatic N) is 1. The van der Waals surface area contributed by atoms with Gasteiger partial charge >= 0.3 is 6.03 Å². The molecule has 0 atom stereocenters. The Hall–Kier alpha value is -3.15. The maximum atomic E-state index is 12.9. The zero-order valence-electron chi connectivity index (χ0n) is 19.2. The number of allylic oxidation sites excluding steroid dienone is 2. The predicted molar refractivity (Wildman–Crippen MR) is 126 cm³/mol. The van der Waals surface area contributed by atoms with Crippen LogP contribution in [-0.4, -0.2) is 31.2 Å². The number of rotatable bonds is 5. The molecule has 168 valence electrons. The van der Waals surface area contributed by atoms with E-state index in [-0.39, 0.29) is 17.5 Å². The molecule has 5 rings (SSSR count). The van der Waals surface area contributed by atoms with Gasteiger partial charge in [-0.05, 0) is 62.8 Å². The summed E-state index contributed by atoms with van der Waals surface area (Å²) >= 11 is 0. The molecule has 0 unspecified atom stereocenters. The van der Waals surface area contributed by atoms with Crippen LogP contribution in [0.15, 0.2) is 42.1 Å². The topological polar surface area (TPSA) is 62.8 Å². The number of anilines is 2. The standard InChI is InChI=1S/C26H31N3O3/c1-16-6-8-21(31-3)24-20(16)15-29(25(30)28-24)19-9-11-26(12-10-19)14-23(26)27-18-7-5-17(2)22(13-18)32-4/h5-8,13-14,19,27H,9-12,15H2,1-4H3,(H,28,30). The Morgan fingerprint density at radius 2 is 1.75 bits per heavy atom. The van der Waals surface area contributed by atoms with Gasteiger partial charge in [0.05, 0.1) is 26.5 Å². The van der Waals surface area contributed by atoms with Crippen molar-refractivity contribution in [2.75, 3.05) is 24.9 Å². The lowest BCUT2D eigenvalue weighted by molar-refractivity contribution is 0.145. The molecule has 3 aliphatic rings. The summed E-state index contributed by atoms with van der Waals surface area (Å²) in [5.41, 5.74) is 6.83. The SMILES string of the molecule is COc1cc(NC2=CC23CCC(N2Cc4c(C)ccc(OC)c4NC2=O)CC3)ccc1C. The minimum absolute atomic E-state index is 0.0174. The van der Waals surface area contributed by atoms with Crippen LogP contribution in [0.3, 0.4) is 0 Å². The third-order valence-electron chi connectivity index (χ3n) is 7.40. The lowest BCUT2D eigenvalue weighted by Gasteiger charge is -2.40. The number of hydrogen-bond donors (Lipinski definition) is 2. The van der Waals surface area contributed by atoms with Gasteiger partial charge in [-0.2, -0.15) is 0 Å². The monoisotopic (exact) mass is 433 g/mol. The Morgan fingerprint density at radius 3 is 2.47 bits per heavy atom. The largest absolute Gasteiger partial charge is 0.496 e. The van der Waals surface area contributed by atoms with Crippen LogP contribution >= 0.6 is 0 Å². The molecule has 1 fully saturated rings. The molecule has 6 nitrogen and oxygen atoms in total. The molecular weight excluding hydrogens is 402 g/mol. The van der Waals surface area contributed by atoms with Crippen LogP contribution < -0.4 is 20.1 Å². The lowest BCUT2D eigenvalue weighted by atomic mass is 9.80. The second kappa shape index (κ2) is 7.76. The minimum atomic E-state index is -0.0174. The number of ether oxygens (including phenoxy) is 2. The first-order chi connectivity index (χ1) is 15.4. The summed E-state index contributed by atoms with van der Waals surface area (Å²) in [4.78, 5) is 14.9. The Labute approximate surface area is 189 Å². The highest BCUT2D eigenvalue weighted by Crippen LogP contribution is 2.55. The molecule has 1 aliphatic heterocycles. The van der Waals surface area contributed by atoms with E-state index in [2.05, 4.69) is 54.8 Å². The predicted octanol–water partition coefficient (Wildman–Crippen LogP) is 5.61. The summed E-state index contributed by atoms with van der Waals surface area (Å²) in [7, 11) is 3.35. The Bertz CT molecular complexity index is 1100. The molecule has 32 heavy (non-hydrogen) atoms. The molecular formula is C26H31N3O3. The summed E-state index contributed by atoms with van der Waals surface area (Å²) < 4.78 is 10.9. The number of carbonyl (C=O) groups excluding carboxylic acids is 1. The van der Waals surface area contributed by atoms with Crippen molar-refractivity contribution < 1.29 is 14.3 Å². The van der Waals surface area contributed by atoms with Crippen molar-refractivity contribution in [2.24, 2.45) is 5.41 Å². The molecule has 2 aromatic rings. The van der Waals surface area contributed by atoms with E-state index in [9.17, 15) is 4.79 Å². The van der Waals surface area contributed by atoms with E-state index in [1.807, 2.05) is 11.0 Å². The molecule has 1 heterocycles.